The van der Waals surface area contributed by atoms with Crippen LogP contribution in [0.2, 0.25) is 0 Å². The highest BCUT2D eigenvalue weighted by Crippen LogP contribution is 2.27. The van der Waals surface area contributed by atoms with Crippen molar-refractivity contribution in [2.24, 2.45) is 0 Å². The van der Waals surface area contributed by atoms with E-state index in [0.29, 0.717) is 5.56 Å². The first-order valence-corrected chi connectivity index (χ1v) is 5.50. The van der Waals surface area contributed by atoms with Crippen LogP contribution in [-0.4, -0.2) is 23.8 Å². The van der Waals surface area contributed by atoms with Gasteiger partial charge in [0, 0.05) is 12.6 Å². The van der Waals surface area contributed by atoms with E-state index < -0.39 is 0 Å². The van der Waals surface area contributed by atoms with Gasteiger partial charge in [0.1, 0.15) is 0 Å². The lowest BCUT2D eigenvalue weighted by atomic mass is 9.98. The molecule has 0 saturated heterocycles. The topological polar surface area (TPSA) is 37.4 Å². The van der Waals surface area contributed by atoms with Crippen molar-refractivity contribution in [2.45, 2.75) is 6.42 Å². The number of carbonyl (C=O) groups is 2. The molecule has 0 unspecified atom stereocenters. The van der Waals surface area contributed by atoms with Crippen LogP contribution in [0.15, 0.2) is 36.4 Å². The molecule has 3 rings (SSSR count). The van der Waals surface area contributed by atoms with Crippen molar-refractivity contribution < 1.29 is 9.59 Å². The molecule has 3 nitrogen and oxygen atoms in total. The lowest BCUT2D eigenvalue weighted by Crippen LogP contribution is -2.32. The fraction of sp³-hybridized carbons (Fsp3) is 0.143. The first-order valence-electron chi connectivity index (χ1n) is 5.50. The molecule has 1 aliphatic rings. The number of hydrogen-bond acceptors (Lipinski definition) is 2. The van der Waals surface area contributed by atoms with E-state index in [2.05, 4.69) is 0 Å². The van der Waals surface area contributed by atoms with Crippen LogP contribution in [0.5, 0.6) is 0 Å². The van der Waals surface area contributed by atoms with Crippen LogP contribution in [0.1, 0.15) is 15.9 Å². The predicted molar refractivity (Wildman–Crippen MR) is 64.8 cm³/mol. The van der Waals surface area contributed by atoms with Gasteiger partial charge < -0.3 is 0 Å². The Hall–Kier alpha value is -2.16. The van der Waals surface area contributed by atoms with Crippen molar-refractivity contribution in [2.75, 3.05) is 7.05 Å². The van der Waals surface area contributed by atoms with Crippen molar-refractivity contribution in [3.63, 3.8) is 0 Å². The zero-order valence-corrected chi connectivity index (χ0v) is 9.43. The number of likely N-dealkylation sites (N-methyl/N-ethyl adjacent to an activating group) is 1. The smallest absolute Gasteiger partial charge is 0.260 e. The summed E-state index contributed by atoms with van der Waals surface area (Å²) in [5, 5.41) is 1.93. The van der Waals surface area contributed by atoms with Gasteiger partial charge in [0.25, 0.3) is 5.91 Å². The van der Waals surface area contributed by atoms with Gasteiger partial charge in [-0.05, 0) is 22.4 Å². The fourth-order valence-electron chi connectivity index (χ4n) is 2.32. The normalized spacial score (nSPS) is 15.2. The van der Waals surface area contributed by atoms with Crippen molar-refractivity contribution in [1.82, 2.24) is 4.90 Å². The minimum Gasteiger partial charge on any atom is -0.281 e. The van der Waals surface area contributed by atoms with Crippen LogP contribution < -0.4 is 0 Å². The molecule has 0 saturated carbocycles. The molecule has 0 aromatic heterocycles. The molecule has 0 aliphatic carbocycles. The molecule has 0 bridgehead atoms. The van der Waals surface area contributed by atoms with Gasteiger partial charge in [-0.3, -0.25) is 14.5 Å². The summed E-state index contributed by atoms with van der Waals surface area (Å²) >= 11 is 0. The van der Waals surface area contributed by atoms with Gasteiger partial charge in [0.15, 0.2) is 0 Å². The van der Waals surface area contributed by atoms with E-state index in [4.69, 9.17) is 0 Å². The highest BCUT2D eigenvalue weighted by Gasteiger charge is 2.25. The number of rotatable bonds is 0. The number of hydrogen-bond donors (Lipinski definition) is 0. The van der Waals surface area contributed by atoms with Crippen LogP contribution in [-0.2, 0) is 11.2 Å². The first-order chi connectivity index (χ1) is 8.18. The highest BCUT2D eigenvalue weighted by molar-refractivity contribution is 6.15. The van der Waals surface area contributed by atoms with E-state index in [9.17, 15) is 9.59 Å². The summed E-state index contributed by atoms with van der Waals surface area (Å²) in [4.78, 5) is 25.2. The van der Waals surface area contributed by atoms with Crippen molar-refractivity contribution in [1.29, 1.82) is 0 Å². The molecule has 0 radical (unpaired) electrons. The molecule has 0 atom stereocenters. The van der Waals surface area contributed by atoms with Crippen LogP contribution in [0.25, 0.3) is 10.8 Å². The standard InChI is InChI=1S/C14H11NO2/c1-15-12(16)8-10-6-2-4-9-5-3-7-11(13(9)10)14(15)17/h2-7H,8H2,1H3. The number of nitrogens with zero attached hydrogens (tertiary/aromatic N) is 1. The van der Waals surface area contributed by atoms with E-state index in [0.717, 1.165) is 16.3 Å². The molecule has 2 amide bonds. The molecular weight excluding hydrogens is 214 g/mol. The molecule has 0 N–H and O–H groups in total. The number of amides is 2. The Morgan fingerprint density at radius 2 is 1.76 bits per heavy atom. The Morgan fingerprint density at radius 3 is 2.53 bits per heavy atom. The van der Waals surface area contributed by atoms with Gasteiger partial charge in [-0.25, -0.2) is 0 Å². The maximum Gasteiger partial charge on any atom is 0.260 e. The first kappa shape index (κ1) is 10.0. The van der Waals surface area contributed by atoms with E-state index in [1.165, 1.54) is 11.9 Å². The van der Waals surface area contributed by atoms with E-state index >= 15 is 0 Å². The maximum absolute atomic E-state index is 12.1. The Labute approximate surface area is 98.6 Å². The summed E-state index contributed by atoms with van der Waals surface area (Å²) in [6.07, 6.45) is 0.288. The number of carbonyl (C=O) groups excluding carboxylic acids is 2. The van der Waals surface area contributed by atoms with Crippen LogP contribution in [0, 0.1) is 0 Å². The average Bonchev–Trinajstić information content (AvgIpc) is 2.44. The van der Waals surface area contributed by atoms with Gasteiger partial charge in [0.05, 0.1) is 6.42 Å². The average molecular weight is 225 g/mol. The third kappa shape index (κ3) is 1.35. The minimum atomic E-state index is -0.217. The zero-order valence-electron chi connectivity index (χ0n) is 9.43. The lowest BCUT2D eigenvalue weighted by molar-refractivity contribution is -0.126. The van der Waals surface area contributed by atoms with Crippen molar-refractivity contribution in [3.05, 3.63) is 47.5 Å². The fourth-order valence-corrected chi connectivity index (χ4v) is 2.32. The number of imide groups is 1. The Balaban J connectivity index is 2.43. The number of benzene rings is 2. The largest absolute Gasteiger partial charge is 0.281 e. The molecular formula is C14H11NO2. The summed E-state index contributed by atoms with van der Waals surface area (Å²) in [6, 6.07) is 11.4. The molecule has 84 valence electrons. The van der Waals surface area contributed by atoms with Crippen LogP contribution in [0.3, 0.4) is 0 Å². The summed E-state index contributed by atoms with van der Waals surface area (Å²) in [5.41, 5.74) is 1.55. The molecule has 2 aromatic rings. The quantitative estimate of drug-likeness (QED) is 0.643. The van der Waals surface area contributed by atoms with Gasteiger partial charge in [-0.1, -0.05) is 30.3 Å². The van der Waals surface area contributed by atoms with Crippen molar-refractivity contribution in [3.8, 4) is 0 Å². The minimum absolute atomic E-state index is 0.154. The van der Waals surface area contributed by atoms with Gasteiger partial charge >= 0.3 is 0 Å². The second-order valence-electron chi connectivity index (χ2n) is 4.26. The SMILES string of the molecule is CN1C(=O)Cc2cccc3cccc(c23)C1=O. The van der Waals surface area contributed by atoms with Crippen LogP contribution >= 0.6 is 0 Å². The van der Waals surface area contributed by atoms with Crippen molar-refractivity contribution >= 4 is 22.6 Å². The lowest BCUT2D eigenvalue weighted by Gasteiger charge is -2.12. The molecule has 1 aliphatic heterocycles. The predicted octanol–water partition coefficient (Wildman–Crippen LogP) is 1.99. The molecule has 3 heteroatoms. The molecule has 0 fully saturated rings. The van der Waals surface area contributed by atoms with E-state index in [-0.39, 0.29) is 18.2 Å². The summed E-state index contributed by atoms with van der Waals surface area (Å²) in [7, 11) is 1.54. The third-order valence-corrected chi connectivity index (χ3v) is 3.24. The Bertz CT molecular complexity index is 640. The molecule has 2 aromatic carbocycles. The summed E-state index contributed by atoms with van der Waals surface area (Å²) in [6.45, 7) is 0. The van der Waals surface area contributed by atoms with Crippen LogP contribution in [0.4, 0.5) is 0 Å². The summed E-state index contributed by atoms with van der Waals surface area (Å²) in [5.74, 6) is -0.371. The maximum atomic E-state index is 12.1. The second kappa shape index (κ2) is 3.42. The third-order valence-electron chi connectivity index (χ3n) is 3.24. The zero-order chi connectivity index (χ0) is 12.0. The molecule has 0 spiro atoms. The highest BCUT2D eigenvalue weighted by atomic mass is 16.2. The molecule has 17 heavy (non-hydrogen) atoms. The second-order valence-corrected chi connectivity index (χ2v) is 4.26. The summed E-state index contributed by atoms with van der Waals surface area (Å²) < 4.78 is 0. The molecule has 1 heterocycles. The Kier molecular flexibility index (Phi) is 2.01. The van der Waals surface area contributed by atoms with E-state index in [1.807, 2.05) is 30.3 Å². The van der Waals surface area contributed by atoms with Gasteiger partial charge in [-0.2, -0.15) is 0 Å². The van der Waals surface area contributed by atoms with Gasteiger partial charge in [0.2, 0.25) is 5.91 Å². The van der Waals surface area contributed by atoms with Gasteiger partial charge in [-0.15, -0.1) is 0 Å². The Morgan fingerprint density at radius 1 is 1.06 bits per heavy atom. The monoisotopic (exact) mass is 225 g/mol. The van der Waals surface area contributed by atoms with E-state index in [1.54, 1.807) is 6.07 Å².